The van der Waals surface area contributed by atoms with Crippen molar-refractivity contribution >= 4 is 82.5 Å². The Labute approximate surface area is 606 Å². The van der Waals surface area contributed by atoms with Gasteiger partial charge >= 0.3 is 6.18 Å². The van der Waals surface area contributed by atoms with E-state index in [1.54, 1.807) is 13.8 Å². The number of morpholine rings is 1. The fourth-order valence-electron chi connectivity index (χ4n) is 15.5. The second-order valence-electron chi connectivity index (χ2n) is 30.1. The molecule has 1 aromatic carbocycles. The van der Waals surface area contributed by atoms with Crippen molar-refractivity contribution in [2.24, 2.45) is 23.7 Å². The summed E-state index contributed by atoms with van der Waals surface area (Å²) in [6.07, 6.45) is 0.842. The third-order valence-corrected chi connectivity index (χ3v) is 22.3. The quantitative estimate of drug-likeness (QED) is 0.231. The minimum atomic E-state index is -4.84. The molecule has 3 heterocycles. The van der Waals surface area contributed by atoms with Crippen molar-refractivity contribution in [3.05, 3.63) is 34.3 Å². The summed E-state index contributed by atoms with van der Waals surface area (Å²) < 4.78 is 79.6. The van der Waals surface area contributed by atoms with Gasteiger partial charge in [-0.1, -0.05) is 116 Å². The van der Waals surface area contributed by atoms with E-state index in [0.717, 1.165) is 76.3 Å². The van der Waals surface area contributed by atoms with Crippen LogP contribution in [0.1, 0.15) is 167 Å². The minimum absolute atomic E-state index is 0.0315. The second-order valence-corrected chi connectivity index (χ2v) is 30.5. The van der Waals surface area contributed by atoms with Gasteiger partial charge in [0, 0.05) is 68.8 Å². The fourth-order valence-corrected chi connectivity index (χ4v) is 15.8. The fraction of sp³-hybridized carbons (Fsp3) is 0.750. The first kappa shape index (κ1) is 83.0. The van der Waals surface area contributed by atoms with Gasteiger partial charge in [0.25, 0.3) is 5.92 Å². The number of nitrogens with zero attached hydrogens (tertiary/aromatic N) is 9. The van der Waals surface area contributed by atoms with Crippen LogP contribution in [0.3, 0.4) is 0 Å². The van der Waals surface area contributed by atoms with Crippen LogP contribution >= 0.6 is 11.6 Å². The monoisotopic (exact) mass is 1480 g/mol. The van der Waals surface area contributed by atoms with Gasteiger partial charge in [-0.3, -0.25) is 57.5 Å². The Balaban J connectivity index is 1.31. The highest BCUT2D eigenvalue weighted by molar-refractivity contribution is 6.31. The van der Waals surface area contributed by atoms with Gasteiger partial charge in [-0.15, -0.1) is 0 Å². The van der Waals surface area contributed by atoms with Crippen LogP contribution in [-0.4, -0.2) is 271 Å². The Hall–Kier alpha value is -7.24. The minimum Gasteiger partial charge on any atom is -0.378 e. The molecule has 6 aliphatic rings. The van der Waals surface area contributed by atoms with E-state index < -0.39 is 199 Å². The predicted octanol–water partition coefficient (Wildman–Crippen LogP) is 5.51. The molecule has 7 rings (SSSR count). The van der Waals surface area contributed by atoms with E-state index in [2.05, 4.69) is 16.0 Å². The predicted molar refractivity (Wildman–Crippen MR) is 371 cm³/mol. The zero-order chi connectivity index (χ0) is 76.2. The summed E-state index contributed by atoms with van der Waals surface area (Å²) in [6.45, 7) is 4.42. The lowest BCUT2D eigenvalue weighted by Crippen LogP contribution is -2.65. The third kappa shape index (κ3) is 21.1. The average Bonchev–Trinajstić information content (AvgIpc) is 1.71. The summed E-state index contributed by atoms with van der Waals surface area (Å²) in [5, 5.41) is 7.52. The highest BCUT2D eigenvalue weighted by atomic mass is 35.5. The molecule has 103 heavy (non-hydrogen) atoms. The topological polar surface area (TPSA) is 279 Å². The summed E-state index contributed by atoms with van der Waals surface area (Å²) in [5.41, 5.74) is -2.86. The van der Waals surface area contributed by atoms with Gasteiger partial charge in [-0.25, -0.2) is 8.78 Å². The molecule has 8 atom stereocenters. The molecular formula is C72H108ClF5N12O13. The summed E-state index contributed by atoms with van der Waals surface area (Å²) in [4.78, 5) is 189. The number of amides is 12. The van der Waals surface area contributed by atoms with Gasteiger partial charge in [0.2, 0.25) is 70.9 Å². The number of likely N-dealkylation sites (N-methyl/N-ethyl adjacent to an activating group) is 7. The van der Waals surface area contributed by atoms with Gasteiger partial charge in [-0.2, -0.15) is 13.2 Å². The number of fused-ring (bicyclic) bond motifs is 1. The molecular weight excluding hydrogens is 1370 g/mol. The lowest BCUT2D eigenvalue weighted by Gasteiger charge is -2.43. The number of halogens is 6. The molecule has 3 saturated heterocycles. The van der Waals surface area contributed by atoms with Gasteiger partial charge in [-0.05, 0) is 92.7 Å². The highest BCUT2D eigenvalue weighted by Crippen LogP contribution is 2.40. The number of hydrogen-bond donors (Lipinski definition) is 3. The molecule has 12 amide bonds. The van der Waals surface area contributed by atoms with Crippen molar-refractivity contribution in [3.8, 4) is 0 Å². The number of benzene rings is 1. The Morgan fingerprint density at radius 3 is 1.85 bits per heavy atom. The normalized spacial score (nSPS) is 27.0. The lowest BCUT2D eigenvalue weighted by molar-refractivity contribution is -0.158. The lowest BCUT2D eigenvalue weighted by atomic mass is 9.81. The number of carbonyl (C=O) groups excluding carboxylic acids is 12. The summed E-state index contributed by atoms with van der Waals surface area (Å²) in [6, 6.07) is -7.53. The van der Waals surface area contributed by atoms with Crippen LogP contribution in [0.4, 0.5) is 22.0 Å². The summed E-state index contributed by atoms with van der Waals surface area (Å²) in [7, 11) is 9.49. The van der Waals surface area contributed by atoms with E-state index in [1.165, 1.54) is 68.9 Å². The van der Waals surface area contributed by atoms with Crippen molar-refractivity contribution in [2.75, 3.05) is 102 Å². The maximum atomic E-state index is 16.2. The van der Waals surface area contributed by atoms with E-state index in [9.17, 15) is 41.9 Å². The molecule has 31 heteroatoms. The van der Waals surface area contributed by atoms with E-state index in [-0.39, 0.29) is 75.8 Å². The number of ether oxygens (including phenoxy) is 1. The first-order chi connectivity index (χ1) is 48.4. The molecule has 6 fully saturated rings. The molecule has 3 N–H and O–H groups in total. The van der Waals surface area contributed by atoms with Gasteiger partial charge in [0.1, 0.15) is 47.8 Å². The van der Waals surface area contributed by atoms with Crippen molar-refractivity contribution in [1.82, 2.24) is 60.0 Å². The third-order valence-electron chi connectivity index (χ3n) is 22.0. The zero-order valence-electron chi connectivity index (χ0n) is 61.7. The second kappa shape index (κ2) is 36.2. The number of carbonyl (C=O) groups is 12. The first-order valence-corrected chi connectivity index (χ1v) is 36.9. The first-order valence-electron chi connectivity index (χ1n) is 36.5. The largest absolute Gasteiger partial charge is 0.417 e. The van der Waals surface area contributed by atoms with Crippen LogP contribution in [0.15, 0.2) is 18.2 Å². The molecule has 1 aromatic rings. The average molecular weight is 1480 g/mol. The summed E-state index contributed by atoms with van der Waals surface area (Å²) >= 11 is 6.11. The Kier molecular flexibility index (Phi) is 29.2. The number of aryl methyl sites for hydroxylation is 1. The molecule has 0 aromatic heterocycles. The van der Waals surface area contributed by atoms with Crippen LogP contribution in [-0.2, 0) is 74.9 Å². The number of hydrogen-bond acceptors (Lipinski definition) is 13. The molecule has 25 nitrogen and oxygen atoms in total. The molecule has 1 unspecified atom stereocenters. The van der Waals surface area contributed by atoms with E-state index in [0.29, 0.717) is 49.8 Å². The number of alkyl halides is 5. The van der Waals surface area contributed by atoms with Crippen LogP contribution in [0.5, 0.6) is 0 Å². The molecule has 576 valence electrons. The standard InChI is InChI=1S/C72H108ClF5N12O13/c1-12-45(4)60-67(100)84(7)41-58(93)82(5)42-59(94)86(9)53(37-46-21-15-13-16-22-46)65(98)83(6)40-56(91)79-51(28-26-47-25-27-49(50(73)36-47)72(76,77)78)64(97)90-43-71(74,75)39-55(90)63(96)81-70(29-19-20-30-70)69(102)88(11)61(48-23-17-14-18-24-48)68(101)87(10)54(66(99)89-31-33-103-34-32-89)38-57(92)85(8)52(35-44(2)3)62(95)80-60/h25,27,36,44-46,48,51-55,60-61H,12-24,26,28-35,37-43H2,1-11H3,(H,79,91)(H,80,95)(H,81,96)/t45-,51-,52-,53-,54-,55?,60-,61-/m0/s1. The van der Waals surface area contributed by atoms with Crippen LogP contribution in [0, 0.1) is 23.7 Å². The SMILES string of the molecule is CC[C@H](C)[C@@H]1NC(=O)[C@H](CC(C)C)N(C)C(=O)C[C@@H](C(=O)N2CCOCC2)N(C)C(=O)[C@H](C2CCCCC2)N(C)C(=O)C2(CCCC2)NC(=O)C2CC(F)(F)CN2C(=O)[C@H](CCc2ccc(C(F)(F)F)c(Cl)c2)NC(=O)CN(C)C(=O)[C@H](CC2CCCCC2)N(C)C(=O)CN(C)C(=O)CN(C)C1=O. The van der Waals surface area contributed by atoms with E-state index >= 15 is 37.5 Å². The van der Waals surface area contributed by atoms with Crippen molar-refractivity contribution in [2.45, 2.75) is 222 Å². The van der Waals surface area contributed by atoms with Gasteiger partial charge < -0.3 is 64.8 Å². The Morgan fingerprint density at radius 1 is 0.670 bits per heavy atom. The Morgan fingerprint density at radius 2 is 1.26 bits per heavy atom. The molecule has 3 aliphatic carbocycles. The maximum Gasteiger partial charge on any atom is 0.417 e. The van der Waals surface area contributed by atoms with Crippen molar-refractivity contribution < 1.29 is 84.2 Å². The number of nitrogens with one attached hydrogen (secondary N) is 3. The van der Waals surface area contributed by atoms with Crippen molar-refractivity contribution in [1.29, 1.82) is 0 Å². The molecule has 0 bridgehead atoms. The van der Waals surface area contributed by atoms with Crippen LogP contribution in [0.2, 0.25) is 5.02 Å². The van der Waals surface area contributed by atoms with Gasteiger partial charge in [0.15, 0.2) is 0 Å². The molecule has 3 saturated carbocycles. The number of rotatable bonds is 11. The Bertz CT molecular complexity index is 3230. The zero-order valence-corrected chi connectivity index (χ0v) is 62.4. The van der Waals surface area contributed by atoms with Crippen LogP contribution < -0.4 is 16.0 Å². The summed E-state index contributed by atoms with van der Waals surface area (Å²) in [5.74, 6) is -14.8. The van der Waals surface area contributed by atoms with E-state index in [1.807, 2.05) is 13.8 Å². The highest BCUT2D eigenvalue weighted by Gasteiger charge is 2.55. The molecule has 1 spiro atoms. The maximum absolute atomic E-state index is 16.2. The van der Waals surface area contributed by atoms with E-state index in [4.69, 9.17) is 16.3 Å². The van der Waals surface area contributed by atoms with Crippen molar-refractivity contribution in [3.63, 3.8) is 0 Å². The van der Waals surface area contributed by atoms with Gasteiger partial charge in [0.05, 0.1) is 56.4 Å². The van der Waals surface area contributed by atoms with Crippen LogP contribution in [0.25, 0.3) is 0 Å². The smallest absolute Gasteiger partial charge is 0.378 e. The molecule has 3 aliphatic heterocycles. The molecule has 0 radical (unpaired) electrons.